The fraction of sp³-hybridized carbons (Fsp3) is 0.0500. The monoisotopic (exact) mass is 722 g/mol. The summed E-state index contributed by atoms with van der Waals surface area (Å²) in [4.78, 5) is 26.8. The molecule has 0 amide bonds. The van der Waals surface area contributed by atoms with Crippen molar-refractivity contribution in [1.29, 1.82) is 5.26 Å². The van der Waals surface area contributed by atoms with Gasteiger partial charge in [-0.05, 0) is 70.8 Å². The maximum atomic E-state index is 13.2. The maximum Gasteiger partial charge on any atom is 0.416 e. The minimum Gasteiger partial charge on any atom is -0.244 e. The highest BCUT2D eigenvalue weighted by molar-refractivity contribution is 6.13. The smallest absolute Gasteiger partial charge is 0.244 e. The zero-order valence-corrected chi connectivity index (χ0v) is 27.1. The molecule has 0 saturated heterocycles. The highest BCUT2D eigenvalue weighted by atomic mass is 19.4. The van der Waals surface area contributed by atoms with Gasteiger partial charge in [-0.1, -0.05) is 48.5 Å². The second-order valence-electron chi connectivity index (χ2n) is 12.5. The van der Waals surface area contributed by atoms with Crippen molar-refractivity contribution in [2.45, 2.75) is 12.4 Å². The van der Waals surface area contributed by atoms with Gasteiger partial charge < -0.3 is 0 Å². The molecule has 9 aromatic rings. The van der Waals surface area contributed by atoms with E-state index < -0.39 is 23.5 Å². The first-order chi connectivity index (χ1) is 25.9. The lowest BCUT2D eigenvalue weighted by molar-refractivity contribution is -0.138. The molecule has 0 aliphatic heterocycles. The molecule has 258 valence electrons. The number of benzene rings is 5. The van der Waals surface area contributed by atoms with E-state index in [9.17, 15) is 31.6 Å². The van der Waals surface area contributed by atoms with Crippen molar-refractivity contribution in [3.05, 3.63) is 130 Å². The van der Waals surface area contributed by atoms with Crippen LogP contribution in [0.3, 0.4) is 0 Å². The quantitative estimate of drug-likeness (QED) is 0.0581. The van der Waals surface area contributed by atoms with Crippen LogP contribution in [0.4, 0.5) is 26.3 Å². The normalized spacial score (nSPS) is 13.2. The Bertz CT molecular complexity index is 3030. The number of nitrogens with zero attached hydrogens (tertiary/aromatic N) is 8. The number of nitriles is 1. The zero-order chi connectivity index (χ0) is 37.5. The summed E-state index contributed by atoms with van der Waals surface area (Å²) in [7, 11) is 0. The van der Waals surface area contributed by atoms with Crippen LogP contribution in [0.1, 0.15) is 11.1 Å². The van der Waals surface area contributed by atoms with Gasteiger partial charge in [0.05, 0.1) is 49.3 Å². The SMILES string of the molecule is [C-]#[N+]/N=c1/c2cc(-c3ccc(C(F)(F)F)cc3)ccc2c2nc3cc4nc5c(=NC#N)c6cc(-c7ccc(C(F)(F)F)cc7)ccc6c5nc4cc3nc12. The van der Waals surface area contributed by atoms with Crippen molar-refractivity contribution >= 4 is 65.7 Å². The van der Waals surface area contributed by atoms with Gasteiger partial charge >= 0.3 is 12.4 Å². The topological polar surface area (TPSA) is 104 Å². The molecule has 0 atom stereocenters. The highest BCUT2D eigenvalue weighted by Crippen LogP contribution is 2.35. The lowest BCUT2D eigenvalue weighted by atomic mass is 10.0. The van der Waals surface area contributed by atoms with E-state index in [2.05, 4.69) is 15.0 Å². The lowest BCUT2D eigenvalue weighted by Crippen LogP contribution is -2.04. The Morgan fingerprint density at radius 1 is 0.500 bits per heavy atom. The van der Waals surface area contributed by atoms with Crippen LogP contribution >= 0.6 is 0 Å². The van der Waals surface area contributed by atoms with Gasteiger partial charge in [-0.3, -0.25) is 0 Å². The number of fused-ring (bicyclic) bond motifs is 8. The molecular weight excluding hydrogens is 706 g/mol. The molecule has 0 fully saturated rings. The van der Waals surface area contributed by atoms with Crippen LogP contribution in [0.5, 0.6) is 0 Å². The first kappa shape index (κ1) is 32.6. The predicted octanol–water partition coefficient (Wildman–Crippen LogP) is 9.55. The van der Waals surface area contributed by atoms with Crippen molar-refractivity contribution in [2.75, 3.05) is 0 Å². The van der Waals surface area contributed by atoms with Gasteiger partial charge in [-0.2, -0.15) is 43.2 Å². The largest absolute Gasteiger partial charge is 0.416 e. The fourth-order valence-corrected chi connectivity index (χ4v) is 6.84. The maximum absolute atomic E-state index is 13.2. The summed E-state index contributed by atoms with van der Waals surface area (Å²) >= 11 is 0. The molecule has 0 spiro atoms. The molecule has 0 aliphatic rings. The second-order valence-corrected chi connectivity index (χ2v) is 12.5. The van der Waals surface area contributed by atoms with Crippen molar-refractivity contribution < 1.29 is 26.3 Å². The Kier molecular flexibility index (Phi) is 7.00. The molecule has 54 heavy (non-hydrogen) atoms. The minimum atomic E-state index is -4.47. The number of halogens is 6. The Hall–Kier alpha value is -7.32. The molecule has 8 nitrogen and oxygen atoms in total. The van der Waals surface area contributed by atoms with Crippen molar-refractivity contribution in [3.63, 3.8) is 0 Å². The predicted molar refractivity (Wildman–Crippen MR) is 189 cm³/mol. The summed E-state index contributed by atoms with van der Waals surface area (Å²) in [6.07, 6.45) is -7.11. The Morgan fingerprint density at radius 3 is 1.30 bits per heavy atom. The van der Waals surface area contributed by atoms with E-state index in [1.165, 1.54) is 24.3 Å². The average Bonchev–Trinajstić information content (AvgIpc) is 3.61. The summed E-state index contributed by atoms with van der Waals surface area (Å²) in [5.74, 6) is 0. The number of alkyl halides is 6. The van der Waals surface area contributed by atoms with Crippen molar-refractivity contribution in [2.24, 2.45) is 10.1 Å². The van der Waals surface area contributed by atoms with E-state index in [4.69, 9.17) is 26.5 Å². The van der Waals surface area contributed by atoms with E-state index in [1.54, 1.807) is 48.5 Å². The van der Waals surface area contributed by atoms with Gasteiger partial charge in [0.1, 0.15) is 16.4 Å². The first-order valence-corrected chi connectivity index (χ1v) is 16.0. The van der Waals surface area contributed by atoms with Crippen LogP contribution in [0.2, 0.25) is 0 Å². The van der Waals surface area contributed by atoms with Crippen LogP contribution < -0.4 is 10.7 Å². The van der Waals surface area contributed by atoms with Gasteiger partial charge in [0.25, 0.3) is 0 Å². The average molecular weight is 723 g/mol. The van der Waals surface area contributed by atoms with Crippen LogP contribution in [0.15, 0.2) is 107 Å². The van der Waals surface area contributed by atoms with Crippen LogP contribution in [-0.4, -0.2) is 19.9 Å². The van der Waals surface area contributed by atoms with E-state index in [0.717, 1.165) is 24.3 Å². The second kappa shape index (κ2) is 11.6. The molecule has 2 heterocycles. The summed E-state index contributed by atoms with van der Waals surface area (Å²) in [5.41, 5.74) is 4.19. The van der Waals surface area contributed by atoms with E-state index in [1.807, 2.05) is 6.19 Å². The van der Waals surface area contributed by atoms with E-state index >= 15 is 0 Å². The number of hydrogen-bond donors (Lipinski definition) is 0. The van der Waals surface area contributed by atoms with E-state index in [-0.39, 0.29) is 10.7 Å². The zero-order valence-electron chi connectivity index (χ0n) is 27.1. The minimum absolute atomic E-state index is 0.267. The van der Waals surface area contributed by atoms with Gasteiger partial charge in [0, 0.05) is 21.5 Å². The molecule has 14 heteroatoms. The van der Waals surface area contributed by atoms with Crippen molar-refractivity contribution in [3.8, 4) is 28.4 Å². The fourth-order valence-electron chi connectivity index (χ4n) is 6.84. The molecular formula is C40H16F6N8. The van der Waals surface area contributed by atoms with Gasteiger partial charge in [0.15, 0.2) is 5.36 Å². The molecule has 0 N–H and O–H groups in total. The third-order valence-electron chi connectivity index (χ3n) is 9.36. The van der Waals surface area contributed by atoms with Crippen molar-refractivity contribution in [1.82, 2.24) is 19.9 Å². The van der Waals surface area contributed by atoms with Gasteiger partial charge in [0.2, 0.25) is 6.19 Å². The molecule has 0 unspecified atom stereocenters. The van der Waals surface area contributed by atoms with Gasteiger partial charge in [-0.15, -0.1) is 4.95 Å². The molecule has 7 aromatic carbocycles. The summed E-state index contributed by atoms with van der Waals surface area (Å²) in [5, 5.41) is 16.5. The molecule has 0 bridgehead atoms. The molecule has 0 aliphatic carbocycles. The summed E-state index contributed by atoms with van der Waals surface area (Å²) < 4.78 is 79.0. The molecule has 9 rings (SSSR count). The molecule has 2 aromatic heterocycles. The Balaban J connectivity index is 1.21. The Morgan fingerprint density at radius 2 is 0.889 bits per heavy atom. The van der Waals surface area contributed by atoms with Crippen LogP contribution in [0.25, 0.3) is 92.9 Å². The third kappa shape index (κ3) is 5.15. The lowest BCUT2D eigenvalue weighted by Gasteiger charge is -2.08. The first-order valence-electron chi connectivity index (χ1n) is 16.0. The number of aromatic nitrogens is 4. The highest BCUT2D eigenvalue weighted by Gasteiger charge is 2.31. The van der Waals surface area contributed by atoms with Crippen LogP contribution in [-0.2, 0) is 12.4 Å². The third-order valence-corrected chi connectivity index (χ3v) is 9.36. The standard InChI is InChI=1S/C40H16F6N8/c1-48-54-36-28-15-22(20-4-10-24(11-5-20)40(44,45)46)7-13-26(28)35-38(36)53-32-17-29-31(16-30(32)51-35)52-37-33(49-18-47)27-14-21(6-12-25(27)34(37)50-29)19-2-8-23(9-3-19)39(41,42)43/h2-17H/b49-33?,54-36-. The molecule has 0 saturated carbocycles. The van der Waals surface area contributed by atoms with Gasteiger partial charge in [-0.25, -0.2) is 19.9 Å². The molecule has 0 radical (unpaired) electrons. The summed E-state index contributed by atoms with van der Waals surface area (Å²) in [6, 6.07) is 23.5. The summed E-state index contributed by atoms with van der Waals surface area (Å²) in [6.45, 7) is 7.48. The number of hydrogen-bond acceptors (Lipinski definition) is 7. The Labute approximate surface area is 298 Å². The number of rotatable bonds is 2. The van der Waals surface area contributed by atoms with E-state index in [0.29, 0.717) is 87.9 Å². The van der Waals surface area contributed by atoms with Crippen LogP contribution in [0, 0.1) is 18.0 Å².